The topological polar surface area (TPSA) is 37.8 Å². The molecule has 0 unspecified atom stereocenters. The van der Waals surface area contributed by atoms with Crippen LogP contribution in [0.2, 0.25) is 10.0 Å². The molecule has 1 N–H and O–H groups in total. The van der Waals surface area contributed by atoms with Crippen LogP contribution < -0.4 is 5.32 Å². The number of halogens is 7. The van der Waals surface area contributed by atoms with Crippen LogP contribution in [0.15, 0.2) is 12.1 Å². The molecule has 0 saturated heterocycles. The Hall–Kier alpha value is -1.10. The molecule has 23 heavy (non-hydrogen) atoms. The lowest BCUT2D eigenvalue weighted by Gasteiger charge is -2.14. The number of thiocarbonyl (C=S) groups is 1. The molecule has 2 aromatic rings. The molecule has 1 heterocycles. The Morgan fingerprint density at radius 3 is 2.26 bits per heavy atom. The Morgan fingerprint density at radius 2 is 1.78 bits per heavy atom. The fourth-order valence-corrected chi connectivity index (χ4v) is 2.99. The normalized spacial score (nSPS) is 11.8. The van der Waals surface area contributed by atoms with Crippen molar-refractivity contribution in [3.63, 3.8) is 0 Å². The van der Waals surface area contributed by atoms with Crippen molar-refractivity contribution in [2.75, 3.05) is 5.32 Å². The molecule has 0 fully saturated rings. The van der Waals surface area contributed by atoms with E-state index in [1.807, 2.05) is 0 Å². The maximum absolute atomic E-state index is 12.7. The Kier molecular flexibility index (Phi) is 5.39. The number of anilines is 1. The van der Waals surface area contributed by atoms with E-state index >= 15 is 0 Å². The van der Waals surface area contributed by atoms with E-state index in [0.717, 1.165) is 0 Å². The van der Waals surface area contributed by atoms with Crippen molar-refractivity contribution < 1.29 is 22.0 Å². The van der Waals surface area contributed by atoms with Gasteiger partial charge in [0.1, 0.15) is 9.87 Å². The van der Waals surface area contributed by atoms with E-state index in [2.05, 4.69) is 14.9 Å². The highest BCUT2D eigenvalue weighted by Gasteiger charge is 2.32. The number of hydrogen-bond donors (Lipinski definition) is 1. The highest BCUT2D eigenvalue weighted by Crippen LogP contribution is 2.39. The van der Waals surface area contributed by atoms with Crippen molar-refractivity contribution in [2.24, 2.45) is 0 Å². The lowest BCUT2D eigenvalue weighted by atomic mass is 10.2. The van der Waals surface area contributed by atoms with Crippen molar-refractivity contribution in [3.8, 4) is 0 Å². The van der Waals surface area contributed by atoms with Gasteiger partial charge in [0.15, 0.2) is 5.69 Å². The highest BCUT2D eigenvalue weighted by molar-refractivity contribution is 7.81. The second-order valence-corrected chi connectivity index (χ2v) is 6.03. The Balaban J connectivity index is 2.33. The van der Waals surface area contributed by atoms with Crippen LogP contribution in [0.4, 0.5) is 27.6 Å². The molecular weight excluding hydrogens is 404 g/mol. The molecule has 0 atom stereocenters. The fraction of sp³-hybridized carbons (Fsp3) is 0.182. The predicted octanol–water partition coefficient (Wildman–Crippen LogP) is 5.59. The first-order chi connectivity index (χ1) is 10.6. The zero-order chi connectivity index (χ0) is 17.4. The van der Waals surface area contributed by atoms with Gasteiger partial charge in [0.25, 0.3) is 6.43 Å². The predicted molar refractivity (Wildman–Crippen MR) is 81.7 cm³/mol. The van der Waals surface area contributed by atoms with Crippen LogP contribution in [0.3, 0.4) is 0 Å². The molecule has 124 valence electrons. The first-order valence-corrected chi connectivity index (χ1v) is 7.53. The van der Waals surface area contributed by atoms with Gasteiger partial charge in [0, 0.05) is 0 Å². The number of nitrogens with zero attached hydrogens (tertiary/aromatic N) is 2. The van der Waals surface area contributed by atoms with E-state index in [4.69, 9.17) is 35.4 Å². The largest absolute Gasteiger partial charge is 0.416 e. The maximum atomic E-state index is 12.7. The van der Waals surface area contributed by atoms with E-state index < -0.39 is 23.9 Å². The van der Waals surface area contributed by atoms with Gasteiger partial charge in [0.2, 0.25) is 0 Å². The van der Waals surface area contributed by atoms with Crippen molar-refractivity contribution in [1.82, 2.24) is 9.59 Å². The van der Waals surface area contributed by atoms with Gasteiger partial charge in [-0.1, -0.05) is 39.9 Å². The zero-order valence-electron chi connectivity index (χ0n) is 10.6. The third-order valence-corrected chi connectivity index (χ3v) is 4.32. The van der Waals surface area contributed by atoms with Gasteiger partial charge in [-0.3, -0.25) is 0 Å². The van der Waals surface area contributed by atoms with Crippen LogP contribution in [0, 0.1) is 0 Å². The van der Waals surface area contributed by atoms with Crippen molar-refractivity contribution in [1.29, 1.82) is 0 Å². The van der Waals surface area contributed by atoms with Gasteiger partial charge in [-0.25, -0.2) is 8.78 Å². The first-order valence-electron chi connectivity index (χ1n) is 5.59. The van der Waals surface area contributed by atoms with Crippen molar-refractivity contribution >= 4 is 57.6 Å². The molecule has 12 heteroatoms. The van der Waals surface area contributed by atoms with E-state index in [-0.39, 0.29) is 25.6 Å². The molecular formula is C11H4Cl2F5N3S2. The van der Waals surface area contributed by atoms with Crippen LogP contribution >= 0.6 is 47.0 Å². The van der Waals surface area contributed by atoms with Gasteiger partial charge in [0.05, 0.1) is 21.3 Å². The monoisotopic (exact) mass is 407 g/mol. The second-order valence-electron chi connectivity index (χ2n) is 4.05. The molecule has 2 rings (SSSR count). The zero-order valence-corrected chi connectivity index (χ0v) is 13.7. The van der Waals surface area contributed by atoms with Gasteiger partial charge in [-0.05, 0) is 23.7 Å². The van der Waals surface area contributed by atoms with E-state index in [0.29, 0.717) is 23.7 Å². The fourth-order valence-electron chi connectivity index (χ4n) is 1.52. The summed E-state index contributed by atoms with van der Waals surface area (Å²) in [5.74, 6) is 0. The minimum atomic E-state index is -4.63. The van der Waals surface area contributed by atoms with E-state index in [1.165, 1.54) is 0 Å². The molecule has 0 aliphatic rings. The SMILES string of the molecule is FC(F)c1nnsc1C(=S)Nc1c(Cl)cc(C(F)(F)F)cc1Cl. The van der Waals surface area contributed by atoms with Crippen molar-refractivity contribution in [3.05, 3.63) is 38.3 Å². The van der Waals surface area contributed by atoms with Gasteiger partial charge < -0.3 is 5.32 Å². The molecule has 0 bridgehead atoms. The molecule has 1 aromatic carbocycles. The van der Waals surface area contributed by atoms with Crippen LogP contribution in [0.25, 0.3) is 0 Å². The number of rotatable bonds is 3. The summed E-state index contributed by atoms with van der Waals surface area (Å²) in [6.07, 6.45) is -7.53. The Labute approximate surface area is 145 Å². The van der Waals surface area contributed by atoms with Crippen molar-refractivity contribution in [2.45, 2.75) is 12.6 Å². The lowest BCUT2D eigenvalue weighted by Crippen LogP contribution is -2.13. The van der Waals surface area contributed by atoms with Crippen LogP contribution in [0.5, 0.6) is 0 Å². The lowest BCUT2D eigenvalue weighted by molar-refractivity contribution is -0.137. The molecule has 0 amide bonds. The van der Waals surface area contributed by atoms with Gasteiger partial charge >= 0.3 is 6.18 Å². The average Bonchev–Trinajstić information content (AvgIpc) is 2.90. The minimum Gasteiger partial charge on any atom is -0.343 e. The summed E-state index contributed by atoms with van der Waals surface area (Å²) >= 11 is 17.1. The molecule has 0 aliphatic heterocycles. The molecule has 0 spiro atoms. The van der Waals surface area contributed by atoms with Crippen LogP contribution in [-0.4, -0.2) is 14.6 Å². The molecule has 0 radical (unpaired) electrons. The number of aromatic nitrogens is 2. The first kappa shape index (κ1) is 18.2. The summed E-state index contributed by atoms with van der Waals surface area (Å²) in [6, 6.07) is 1.30. The number of hydrogen-bond acceptors (Lipinski definition) is 4. The quantitative estimate of drug-likeness (QED) is 0.531. The van der Waals surface area contributed by atoms with E-state index in [9.17, 15) is 22.0 Å². The smallest absolute Gasteiger partial charge is 0.343 e. The summed E-state index contributed by atoms with van der Waals surface area (Å²) in [5, 5.41) is 4.98. The Bertz CT molecular complexity index is 724. The third kappa shape index (κ3) is 4.06. The van der Waals surface area contributed by atoms with Crippen LogP contribution in [0.1, 0.15) is 22.6 Å². The van der Waals surface area contributed by atoms with Crippen LogP contribution in [-0.2, 0) is 6.18 Å². The average molecular weight is 408 g/mol. The van der Waals surface area contributed by atoms with E-state index in [1.54, 1.807) is 0 Å². The minimum absolute atomic E-state index is 0.123. The second kappa shape index (κ2) is 6.80. The molecule has 3 nitrogen and oxygen atoms in total. The van der Waals surface area contributed by atoms with Gasteiger partial charge in [-0.15, -0.1) is 5.10 Å². The summed E-state index contributed by atoms with van der Waals surface area (Å²) < 4.78 is 66.8. The molecule has 1 aromatic heterocycles. The number of benzene rings is 1. The maximum Gasteiger partial charge on any atom is 0.416 e. The Morgan fingerprint density at radius 1 is 1.22 bits per heavy atom. The molecule has 0 saturated carbocycles. The highest BCUT2D eigenvalue weighted by atomic mass is 35.5. The standard InChI is InChI=1S/C11H4Cl2F5N3S2/c12-4-1-3(11(16,17)18)2-5(13)6(4)19-10(22)8-7(9(14)15)20-21-23-8/h1-2,9H,(H,19,22). The third-order valence-electron chi connectivity index (χ3n) is 2.53. The number of nitrogens with one attached hydrogen (secondary N) is 1. The summed E-state index contributed by atoms with van der Waals surface area (Å²) in [4.78, 5) is -0.346. The summed E-state index contributed by atoms with van der Waals surface area (Å²) in [7, 11) is 0. The number of alkyl halides is 5. The summed E-state index contributed by atoms with van der Waals surface area (Å²) in [5.41, 5.74) is -1.80. The molecule has 0 aliphatic carbocycles. The van der Waals surface area contributed by atoms with Gasteiger partial charge in [-0.2, -0.15) is 13.2 Å². The summed E-state index contributed by atoms with van der Waals surface area (Å²) in [6.45, 7) is 0.